The zero-order valence-corrected chi connectivity index (χ0v) is 13.6. The van der Waals surface area contributed by atoms with E-state index in [9.17, 15) is 9.59 Å². The van der Waals surface area contributed by atoms with Gasteiger partial charge in [-0.15, -0.1) is 0 Å². The molecule has 0 saturated carbocycles. The van der Waals surface area contributed by atoms with Gasteiger partial charge in [-0.3, -0.25) is 0 Å². The highest BCUT2D eigenvalue weighted by atomic mass is 16.6. The molecule has 22 heavy (non-hydrogen) atoms. The van der Waals surface area contributed by atoms with E-state index in [1.807, 2.05) is 0 Å². The van der Waals surface area contributed by atoms with Crippen LogP contribution >= 0.6 is 0 Å². The quantitative estimate of drug-likeness (QED) is 0.207. The van der Waals surface area contributed by atoms with Crippen LogP contribution in [-0.2, 0) is 19.1 Å². The minimum atomic E-state index is -1.07. The summed E-state index contributed by atoms with van der Waals surface area (Å²) in [5.41, 5.74) is 10.8. The molecular formula is C14H20N4O4. The molecule has 0 bridgehead atoms. The number of hydrogen-bond acceptors (Lipinski definition) is 6. The smallest absolute Gasteiger partial charge is 0.424 e. The molecule has 0 aliphatic rings. The third-order valence-electron chi connectivity index (χ3n) is 1.93. The van der Waals surface area contributed by atoms with Gasteiger partial charge in [-0.25, -0.2) is 9.59 Å². The molecule has 0 heterocycles. The van der Waals surface area contributed by atoms with Crippen LogP contribution < -0.4 is 5.73 Å². The number of ether oxygens (including phenoxy) is 2. The van der Waals surface area contributed by atoms with Crippen molar-refractivity contribution in [1.29, 1.82) is 5.26 Å². The Bertz CT molecular complexity index is 594. The second kappa shape index (κ2) is 6.87. The Balaban J connectivity index is 5.67. The lowest BCUT2D eigenvalue weighted by atomic mass is 10.1. The SMILES string of the molecule is CC(C)(C)OC(=O)C(=[N+]=[N-])/C(N)=C(\C#N)C(=O)OC(C)(C)C. The highest BCUT2D eigenvalue weighted by Crippen LogP contribution is 2.14. The molecule has 0 radical (unpaired) electrons. The summed E-state index contributed by atoms with van der Waals surface area (Å²) in [6, 6.07) is 1.54. The van der Waals surface area contributed by atoms with Crippen LogP contribution in [0.15, 0.2) is 11.3 Å². The maximum Gasteiger partial charge on any atom is 0.424 e. The van der Waals surface area contributed by atoms with E-state index in [0.29, 0.717) is 0 Å². The van der Waals surface area contributed by atoms with E-state index in [4.69, 9.17) is 26.0 Å². The van der Waals surface area contributed by atoms with Gasteiger partial charge < -0.3 is 20.7 Å². The van der Waals surface area contributed by atoms with E-state index in [1.54, 1.807) is 41.5 Å². The summed E-state index contributed by atoms with van der Waals surface area (Å²) in [4.78, 5) is 26.5. The van der Waals surface area contributed by atoms with Gasteiger partial charge in [0.1, 0.15) is 17.3 Å². The lowest BCUT2D eigenvalue weighted by Crippen LogP contribution is -2.34. The summed E-state index contributed by atoms with van der Waals surface area (Å²) >= 11 is 0. The molecule has 8 nitrogen and oxygen atoms in total. The third-order valence-corrected chi connectivity index (χ3v) is 1.93. The topological polar surface area (TPSA) is 139 Å². The Hall–Kier alpha value is -2.65. The number of rotatable bonds is 3. The number of nitrogens with two attached hydrogens (primary N) is 1. The molecule has 8 heteroatoms. The largest absolute Gasteiger partial charge is 0.456 e. The summed E-state index contributed by atoms with van der Waals surface area (Å²) in [7, 11) is 0. The van der Waals surface area contributed by atoms with Crippen LogP contribution in [0.2, 0.25) is 0 Å². The molecule has 0 aromatic heterocycles. The van der Waals surface area contributed by atoms with E-state index < -0.39 is 40.1 Å². The van der Waals surface area contributed by atoms with E-state index in [0.717, 1.165) is 0 Å². The summed E-state index contributed by atoms with van der Waals surface area (Å²) in [6.07, 6.45) is 0. The summed E-state index contributed by atoms with van der Waals surface area (Å²) in [6.45, 7) is 9.59. The van der Waals surface area contributed by atoms with Gasteiger partial charge in [-0.05, 0) is 41.5 Å². The van der Waals surface area contributed by atoms with Crippen molar-refractivity contribution < 1.29 is 23.9 Å². The predicted octanol–water partition coefficient (Wildman–Crippen LogP) is 1.08. The van der Waals surface area contributed by atoms with Crippen molar-refractivity contribution in [2.45, 2.75) is 52.7 Å². The molecule has 0 aliphatic heterocycles. The van der Waals surface area contributed by atoms with Crippen molar-refractivity contribution in [2.75, 3.05) is 0 Å². The van der Waals surface area contributed by atoms with Gasteiger partial charge in [0.05, 0.1) is 0 Å². The number of nitrogens with zero attached hydrogens (tertiary/aromatic N) is 3. The molecule has 0 aromatic carbocycles. The van der Waals surface area contributed by atoms with E-state index in [1.165, 1.54) is 6.07 Å². The first kappa shape index (κ1) is 19.4. The summed E-state index contributed by atoms with van der Waals surface area (Å²) < 4.78 is 9.98. The molecule has 2 N–H and O–H groups in total. The fourth-order valence-corrected chi connectivity index (χ4v) is 1.19. The Kier molecular flexibility index (Phi) is 6.04. The molecular weight excluding hydrogens is 288 g/mol. The number of carbonyl (C=O) groups excluding carboxylic acids is 2. The van der Waals surface area contributed by atoms with Crippen molar-refractivity contribution >= 4 is 17.7 Å². The minimum absolute atomic E-state index is 0.617. The fraction of sp³-hybridized carbons (Fsp3) is 0.571. The van der Waals surface area contributed by atoms with Crippen molar-refractivity contribution in [3.05, 3.63) is 16.8 Å². The van der Waals surface area contributed by atoms with Crippen LogP contribution in [0.5, 0.6) is 0 Å². The molecule has 0 aliphatic carbocycles. The highest BCUT2D eigenvalue weighted by Gasteiger charge is 2.34. The molecule has 0 saturated heterocycles. The van der Waals surface area contributed by atoms with Gasteiger partial charge >= 0.3 is 17.7 Å². The zero-order valence-electron chi connectivity index (χ0n) is 13.6. The normalized spacial score (nSPS) is 12.4. The third kappa shape index (κ3) is 6.20. The Morgan fingerprint density at radius 3 is 1.77 bits per heavy atom. The van der Waals surface area contributed by atoms with Gasteiger partial charge in [0, 0.05) is 0 Å². The standard InChI is InChI=1S/C14H20N4O4/c1-13(2,3)21-11(19)8(7-15)9(16)10(18-17)12(20)22-14(4,5)6/h16H2,1-6H3/b9-8-. The first-order valence-corrected chi connectivity index (χ1v) is 6.41. The Morgan fingerprint density at radius 2 is 1.45 bits per heavy atom. The predicted molar refractivity (Wildman–Crippen MR) is 77.1 cm³/mol. The molecule has 0 amide bonds. The second-order valence-electron chi connectivity index (χ2n) is 6.35. The first-order chi connectivity index (χ1) is 9.82. The van der Waals surface area contributed by atoms with E-state index in [-0.39, 0.29) is 0 Å². The van der Waals surface area contributed by atoms with E-state index >= 15 is 0 Å². The molecule has 0 aromatic rings. The van der Waals surface area contributed by atoms with Gasteiger partial charge in [-0.1, -0.05) is 0 Å². The molecule has 0 atom stereocenters. The lowest BCUT2D eigenvalue weighted by molar-refractivity contribution is -0.150. The number of carbonyl (C=O) groups is 2. The summed E-state index contributed by atoms with van der Waals surface area (Å²) in [5.74, 6) is -2.10. The Labute approximate surface area is 129 Å². The zero-order chi connectivity index (χ0) is 17.7. The average molecular weight is 308 g/mol. The maximum atomic E-state index is 11.9. The molecule has 120 valence electrons. The monoisotopic (exact) mass is 308 g/mol. The van der Waals surface area contributed by atoms with Crippen molar-refractivity contribution in [3.63, 3.8) is 0 Å². The van der Waals surface area contributed by atoms with Crippen molar-refractivity contribution in [1.82, 2.24) is 0 Å². The van der Waals surface area contributed by atoms with E-state index in [2.05, 4.69) is 4.79 Å². The van der Waals surface area contributed by atoms with Crippen LogP contribution in [-0.4, -0.2) is 33.6 Å². The Morgan fingerprint density at radius 1 is 1.05 bits per heavy atom. The highest BCUT2D eigenvalue weighted by molar-refractivity contribution is 6.41. The van der Waals surface area contributed by atoms with Crippen LogP contribution in [0.3, 0.4) is 0 Å². The number of nitriles is 1. The lowest BCUT2D eigenvalue weighted by Gasteiger charge is -2.19. The van der Waals surface area contributed by atoms with Crippen LogP contribution in [0, 0.1) is 11.3 Å². The van der Waals surface area contributed by atoms with Gasteiger partial charge in [0.2, 0.25) is 0 Å². The molecule has 0 fully saturated rings. The second-order valence-corrected chi connectivity index (χ2v) is 6.35. The van der Waals surface area contributed by atoms with Crippen LogP contribution in [0.25, 0.3) is 5.53 Å². The van der Waals surface area contributed by atoms with Gasteiger partial charge in [0.15, 0.2) is 11.3 Å². The van der Waals surface area contributed by atoms with Crippen molar-refractivity contribution in [2.24, 2.45) is 5.73 Å². The average Bonchev–Trinajstić information content (AvgIpc) is 2.25. The van der Waals surface area contributed by atoms with Crippen LogP contribution in [0.1, 0.15) is 41.5 Å². The summed E-state index contributed by atoms with van der Waals surface area (Å²) in [5, 5.41) is 9.05. The van der Waals surface area contributed by atoms with Gasteiger partial charge in [-0.2, -0.15) is 10.1 Å². The number of hydrogen-bond donors (Lipinski definition) is 1. The van der Waals surface area contributed by atoms with Crippen molar-refractivity contribution in [3.8, 4) is 6.07 Å². The minimum Gasteiger partial charge on any atom is -0.456 e. The van der Waals surface area contributed by atoms with Gasteiger partial charge in [0.25, 0.3) is 0 Å². The fourth-order valence-electron chi connectivity index (χ4n) is 1.19. The molecule has 0 rings (SSSR count). The van der Waals surface area contributed by atoms with Crippen LogP contribution in [0.4, 0.5) is 0 Å². The first-order valence-electron chi connectivity index (χ1n) is 6.41. The molecule has 0 unspecified atom stereocenters. The maximum absolute atomic E-state index is 11.9. The molecule has 0 spiro atoms. The number of esters is 2.